The fourth-order valence-corrected chi connectivity index (χ4v) is 3.86. The van der Waals surface area contributed by atoms with Crippen molar-refractivity contribution in [2.45, 2.75) is 11.8 Å². The summed E-state index contributed by atoms with van der Waals surface area (Å²) in [6.45, 7) is 1.86. The van der Waals surface area contributed by atoms with Gasteiger partial charge in [0.25, 0.3) is 0 Å². The molecule has 1 amide bonds. The van der Waals surface area contributed by atoms with Gasteiger partial charge in [-0.1, -0.05) is 23.2 Å². The van der Waals surface area contributed by atoms with Crippen molar-refractivity contribution in [1.82, 2.24) is 0 Å². The molecule has 0 saturated carbocycles. The molecule has 10 heteroatoms. The van der Waals surface area contributed by atoms with E-state index in [0.717, 1.165) is 6.26 Å². The highest BCUT2D eigenvalue weighted by Gasteiger charge is 2.17. The van der Waals surface area contributed by atoms with Crippen LogP contribution in [0.3, 0.4) is 0 Å². The molecule has 2 aromatic carbocycles. The second-order valence-corrected chi connectivity index (χ2v) is 8.45. The van der Waals surface area contributed by atoms with E-state index >= 15 is 0 Å². The smallest absolute Gasteiger partial charge is 0.338 e. The molecule has 0 radical (unpaired) electrons. The fourth-order valence-electron chi connectivity index (χ4n) is 2.24. The van der Waals surface area contributed by atoms with E-state index in [-0.39, 0.29) is 34.0 Å². The molecular weight excluding hydrogens is 427 g/mol. The van der Waals surface area contributed by atoms with E-state index in [1.165, 1.54) is 12.1 Å². The number of sulfone groups is 1. The maximum absolute atomic E-state index is 12.1. The summed E-state index contributed by atoms with van der Waals surface area (Å²) < 4.78 is 28.2. The van der Waals surface area contributed by atoms with Gasteiger partial charge in [0.1, 0.15) is 0 Å². The first-order valence-electron chi connectivity index (χ1n) is 8.12. The molecule has 0 aromatic heterocycles. The number of amides is 1. The highest BCUT2D eigenvalue weighted by atomic mass is 35.5. The van der Waals surface area contributed by atoms with Crippen molar-refractivity contribution in [2.24, 2.45) is 0 Å². The van der Waals surface area contributed by atoms with Gasteiger partial charge in [0, 0.05) is 11.9 Å². The molecular formula is C18H18Cl2N2O5S. The summed E-state index contributed by atoms with van der Waals surface area (Å²) >= 11 is 12.1. The molecule has 0 bridgehead atoms. The first-order valence-corrected chi connectivity index (χ1v) is 10.8. The van der Waals surface area contributed by atoms with E-state index in [9.17, 15) is 18.0 Å². The first kappa shape index (κ1) is 22.0. The Balaban J connectivity index is 1.99. The quantitative estimate of drug-likeness (QED) is 0.632. The van der Waals surface area contributed by atoms with Crippen LogP contribution < -0.4 is 10.6 Å². The normalized spacial score (nSPS) is 11.0. The van der Waals surface area contributed by atoms with E-state index in [2.05, 4.69) is 10.6 Å². The van der Waals surface area contributed by atoms with Gasteiger partial charge in [-0.2, -0.15) is 0 Å². The molecule has 150 valence electrons. The van der Waals surface area contributed by atoms with E-state index < -0.39 is 15.8 Å². The summed E-state index contributed by atoms with van der Waals surface area (Å²) in [5, 5.41) is 5.36. The highest BCUT2D eigenvalue weighted by Crippen LogP contribution is 2.35. The molecule has 0 fully saturated rings. The van der Waals surface area contributed by atoms with Crippen LogP contribution in [0, 0.1) is 0 Å². The summed E-state index contributed by atoms with van der Waals surface area (Å²) in [7, 11) is -3.51. The number of rotatable bonds is 7. The van der Waals surface area contributed by atoms with Crippen LogP contribution in [0.25, 0.3) is 0 Å². The second kappa shape index (κ2) is 9.27. The number of esters is 1. The molecule has 0 saturated heterocycles. The van der Waals surface area contributed by atoms with Crippen LogP contribution in [0.15, 0.2) is 41.3 Å². The Bertz CT molecular complexity index is 992. The Morgan fingerprint density at radius 1 is 1.04 bits per heavy atom. The Kier molecular flexibility index (Phi) is 7.29. The molecule has 0 unspecified atom stereocenters. The molecule has 0 atom stereocenters. The van der Waals surface area contributed by atoms with Gasteiger partial charge in [0.05, 0.1) is 39.3 Å². The minimum atomic E-state index is -3.51. The number of hydrogen-bond donors (Lipinski definition) is 2. The third kappa shape index (κ3) is 5.60. The third-order valence-corrected chi connectivity index (χ3v) is 5.70. The van der Waals surface area contributed by atoms with Gasteiger partial charge in [-0.15, -0.1) is 0 Å². The lowest BCUT2D eigenvalue weighted by Crippen LogP contribution is -2.22. The fraction of sp³-hybridized carbons (Fsp3) is 0.222. The molecule has 0 aliphatic carbocycles. The van der Waals surface area contributed by atoms with Crippen molar-refractivity contribution in [3.8, 4) is 0 Å². The molecule has 0 heterocycles. The minimum Gasteiger partial charge on any atom is -0.462 e. The summed E-state index contributed by atoms with van der Waals surface area (Å²) in [5.41, 5.74) is 1.20. The molecule has 7 nitrogen and oxygen atoms in total. The average Bonchev–Trinajstić information content (AvgIpc) is 2.62. The van der Waals surface area contributed by atoms with Crippen molar-refractivity contribution in [3.05, 3.63) is 52.0 Å². The van der Waals surface area contributed by atoms with E-state index in [0.29, 0.717) is 16.9 Å². The zero-order chi connectivity index (χ0) is 20.9. The van der Waals surface area contributed by atoms with Crippen molar-refractivity contribution < 1.29 is 22.7 Å². The molecule has 2 aromatic rings. The Labute approximate surface area is 172 Å². The largest absolute Gasteiger partial charge is 0.462 e. The SMILES string of the molecule is CCOC(=O)c1ccc(NC(=O)CNc2ccc(S(C)(=O)=O)c(Cl)c2Cl)cc1. The maximum atomic E-state index is 12.1. The highest BCUT2D eigenvalue weighted by molar-refractivity contribution is 7.90. The van der Waals surface area contributed by atoms with E-state index in [1.807, 2.05) is 0 Å². The lowest BCUT2D eigenvalue weighted by atomic mass is 10.2. The van der Waals surface area contributed by atoms with Crippen LogP contribution in [-0.4, -0.2) is 39.7 Å². The molecule has 0 spiro atoms. The van der Waals surface area contributed by atoms with Crippen LogP contribution in [0.4, 0.5) is 11.4 Å². The monoisotopic (exact) mass is 444 g/mol. The van der Waals surface area contributed by atoms with Crippen LogP contribution in [0.5, 0.6) is 0 Å². The van der Waals surface area contributed by atoms with Crippen LogP contribution in [0.2, 0.25) is 10.0 Å². The van der Waals surface area contributed by atoms with Crippen LogP contribution in [-0.2, 0) is 19.4 Å². The van der Waals surface area contributed by atoms with Gasteiger partial charge in [-0.3, -0.25) is 4.79 Å². The Hall–Kier alpha value is -2.29. The number of benzene rings is 2. The average molecular weight is 445 g/mol. The van der Waals surface area contributed by atoms with Gasteiger partial charge >= 0.3 is 5.97 Å². The molecule has 2 N–H and O–H groups in total. The molecule has 0 aliphatic rings. The van der Waals surface area contributed by atoms with E-state index in [4.69, 9.17) is 27.9 Å². The zero-order valence-corrected chi connectivity index (χ0v) is 17.4. The van der Waals surface area contributed by atoms with Crippen molar-refractivity contribution in [3.63, 3.8) is 0 Å². The van der Waals surface area contributed by atoms with Gasteiger partial charge in [-0.05, 0) is 43.3 Å². The Morgan fingerprint density at radius 3 is 2.25 bits per heavy atom. The third-order valence-electron chi connectivity index (χ3n) is 3.57. The van der Waals surface area contributed by atoms with Crippen molar-refractivity contribution >= 4 is 56.3 Å². The predicted octanol–water partition coefficient (Wildman–Crippen LogP) is 3.62. The number of nitrogens with one attached hydrogen (secondary N) is 2. The van der Waals surface area contributed by atoms with Gasteiger partial charge in [-0.25, -0.2) is 13.2 Å². The summed E-state index contributed by atoms with van der Waals surface area (Å²) in [4.78, 5) is 23.6. The Morgan fingerprint density at radius 2 is 1.68 bits per heavy atom. The van der Waals surface area contributed by atoms with Crippen molar-refractivity contribution in [1.29, 1.82) is 0 Å². The number of carbonyl (C=O) groups excluding carboxylic acids is 2. The lowest BCUT2D eigenvalue weighted by molar-refractivity contribution is -0.114. The number of hydrogen-bond acceptors (Lipinski definition) is 6. The van der Waals surface area contributed by atoms with Crippen LogP contribution in [0.1, 0.15) is 17.3 Å². The topological polar surface area (TPSA) is 102 Å². The van der Waals surface area contributed by atoms with Crippen molar-refractivity contribution in [2.75, 3.05) is 30.0 Å². The van der Waals surface area contributed by atoms with E-state index in [1.54, 1.807) is 31.2 Å². The molecule has 28 heavy (non-hydrogen) atoms. The molecule has 0 aliphatic heterocycles. The number of ether oxygens (including phenoxy) is 1. The standard InChI is InChI=1S/C18H18Cl2N2O5S/c1-3-27-18(24)11-4-6-12(7-5-11)22-15(23)10-21-13-8-9-14(28(2,25)26)17(20)16(13)19/h4-9,21H,3,10H2,1-2H3,(H,22,23). The summed E-state index contributed by atoms with van der Waals surface area (Å²) in [5.74, 6) is -0.811. The lowest BCUT2D eigenvalue weighted by Gasteiger charge is -2.12. The summed E-state index contributed by atoms with van der Waals surface area (Å²) in [6, 6.07) is 9.00. The minimum absolute atomic E-state index is 0.0104. The predicted molar refractivity (Wildman–Crippen MR) is 109 cm³/mol. The number of carbonyl (C=O) groups is 2. The van der Waals surface area contributed by atoms with Gasteiger partial charge in [0.2, 0.25) is 5.91 Å². The zero-order valence-electron chi connectivity index (χ0n) is 15.1. The van der Waals surface area contributed by atoms with Gasteiger partial charge < -0.3 is 15.4 Å². The first-order chi connectivity index (χ1) is 13.1. The van der Waals surface area contributed by atoms with Crippen LogP contribution >= 0.6 is 23.2 Å². The van der Waals surface area contributed by atoms with Gasteiger partial charge in [0.15, 0.2) is 9.84 Å². The second-order valence-electron chi connectivity index (χ2n) is 5.71. The summed E-state index contributed by atoms with van der Waals surface area (Å²) in [6.07, 6.45) is 1.03. The maximum Gasteiger partial charge on any atom is 0.338 e. The number of anilines is 2. The number of halogens is 2. The molecule has 2 rings (SSSR count).